The van der Waals surface area contributed by atoms with E-state index in [1.165, 1.54) is 12.3 Å². The highest BCUT2D eigenvalue weighted by molar-refractivity contribution is 6.88. The van der Waals surface area contributed by atoms with E-state index in [9.17, 15) is 4.79 Å². The van der Waals surface area contributed by atoms with Crippen LogP contribution in [-0.2, 0) is 9.63 Å². The summed E-state index contributed by atoms with van der Waals surface area (Å²) in [5, 5.41) is 7.77. The number of likely N-dealkylation sites (N-methyl/N-ethyl adjacent to an activating group) is 1. The van der Waals surface area contributed by atoms with Gasteiger partial charge in [-0.1, -0.05) is 54.2 Å². The normalized spacial score (nSPS) is 11.8. The summed E-state index contributed by atoms with van der Waals surface area (Å²) in [6, 6.07) is 15.4. The van der Waals surface area contributed by atoms with Gasteiger partial charge in [-0.2, -0.15) is 0 Å². The van der Waals surface area contributed by atoms with Crippen LogP contribution < -0.4 is 15.2 Å². The molecule has 0 unspecified atom stereocenters. The molecule has 0 bridgehead atoms. The van der Waals surface area contributed by atoms with Crippen LogP contribution in [0, 0.1) is 0 Å². The van der Waals surface area contributed by atoms with E-state index >= 15 is 0 Å². The third kappa shape index (κ3) is 4.70. The molecule has 0 saturated heterocycles. The minimum absolute atomic E-state index is 0.166. The number of ether oxygens (including phenoxy) is 1. The number of rotatable bonds is 6. The van der Waals surface area contributed by atoms with Crippen LogP contribution in [-0.4, -0.2) is 33.9 Å². The predicted octanol–water partition coefficient (Wildman–Crippen LogP) is 3.12. The molecule has 0 radical (unpaired) electrons. The van der Waals surface area contributed by atoms with Gasteiger partial charge in [-0.25, -0.2) is 0 Å². The molecule has 25 heavy (non-hydrogen) atoms. The molecule has 0 aromatic heterocycles. The molecule has 0 aliphatic rings. The zero-order valence-corrected chi connectivity index (χ0v) is 16.3. The Morgan fingerprint density at radius 1 is 1.04 bits per heavy atom. The molecule has 2 aromatic carbocycles. The lowest BCUT2D eigenvalue weighted by Gasteiger charge is -2.17. The van der Waals surface area contributed by atoms with Crippen molar-refractivity contribution >= 4 is 24.9 Å². The maximum Gasteiger partial charge on any atom is 0.273 e. The molecule has 132 valence electrons. The van der Waals surface area contributed by atoms with Crippen LogP contribution in [0.25, 0.3) is 0 Å². The number of carbonyl (C=O) groups is 1. The highest BCUT2D eigenvalue weighted by atomic mass is 28.3. The topological polar surface area (TPSA) is 59.9 Å². The van der Waals surface area contributed by atoms with E-state index in [0.717, 1.165) is 0 Å². The Hall–Kier alpha value is -2.60. The van der Waals surface area contributed by atoms with Crippen molar-refractivity contribution < 1.29 is 14.4 Å². The van der Waals surface area contributed by atoms with Gasteiger partial charge >= 0.3 is 0 Å². The summed E-state index contributed by atoms with van der Waals surface area (Å²) in [5.74, 6) is 0.915. The molecule has 0 spiro atoms. The molecule has 2 rings (SSSR count). The number of hydrogen-bond donors (Lipinski definition) is 1. The second-order valence-electron chi connectivity index (χ2n) is 6.57. The lowest BCUT2D eigenvalue weighted by atomic mass is 10.1. The van der Waals surface area contributed by atoms with E-state index in [0.29, 0.717) is 17.1 Å². The Labute approximate surface area is 149 Å². The van der Waals surface area contributed by atoms with Gasteiger partial charge < -0.3 is 14.9 Å². The number of oxime groups is 1. The maximum atomic E-state index is 12.1. The van der Waals surface area contributed by atoms with E-state index < -0.39 is 8.07 Å². The zero-order valence-electron chi connectivity index (χ0n) is 15.3. The minimum Gasteiger partial charge on any atom is -0.457 e. The predicted molar refractivity (Wildman–Crippen MR) is 104 cm³/mol. The first kappa shape index (κ1) is 18.7. The van der Waals surface area contributed by atoms with Crippen molar-refractivity contribution in [2.45, 2.75) is 19.6 Å². The molecule has 0 aliphatic carbocycles. The fourth-order valence-corrected chi connectivity index (χ4v) is 3.49. The van der Waals surface area contributed by atoms with E-state index in [4.69, 9.17) is 9.57 Å². The van der Waals surface area contributed by atoms with E-state index in [-0.39, 0.29) is 11.6 Å². The van der Waals surface area contributed by atoms with Gasteiger partial charge in [-0.05, 0) is 24.3 Å². The second kappa shape index (κ2) is 7.98. The Morgan fingerprint density at radius 3 is 2.24 bits per heavy atom. The minimum atomic E-state index is -1.35. The van der Waals surface area contributed by atoms with Crippen molar-refractivity contribution in [1.29, 1.82) is 0 Å². The average molecular weight is 356 g/mol. The zero-order chi connectivity index (χ0) is 18.4. The maximum absolute atomic E-state index is 12.1. The molecule has 6 heteroatoms. The number of benzene rings is 2. The summed E-state index contributed by atoms with van der Waals surface area (Å²) in [6.07, 6.45) is 0. The molecule has 1 N–H and O–H groups in total. The first-order chi connectivity index (χ1) is 11.9. The highest BCUT2D eigenvalue weighted by Crippen LogP contribution is 2.26. The lowest BCUT2D eigenvalue weighted by Crippen LogP contribution is -2.37. The van der Waals surface area contributed by atoms with Gasteiger partial charge in [0.05, 0.1) is 13.6 Å². The van der Waals surface area contributed by atoms with Gasteiger partial charge in [0.25, 0.3) is 5.91 Å². The third-order valence-corrected chi connectivity index (χ3v) is 5.78. The Bertz CT molecular complexity index is 765. The molecular weight excluding hydrogens is 332 g/mol. The van der Waals surface area contributed by atoms with Gasteiger partial charge in [-0.15, -0.1) is 0 Å². The molecule has 5 nitrogen and oxygen atoms in total. The van der Waals surface area contributed by atoms with Gasteiger partial charge in [0.1, 0.15) is 18.6 Å². The van der Waals surface area contributed by atoms with Crippen molar-refractivity contribution in [1.82, 2.24) is 5.32 Å². The van der Waals surface area contributed by atoms with Crippen LogP contribution in [0.4, 0.5) is 0 Å². The van der Waals surface area contributed by atoms with Gasteiger partial charge in [0, 0.05) is 7.05 Å². The van der Waals surface area contributed by atoms with Gasteiger partial charge in [-0.3, -0.25) is 4.79 Å². The van der Waals surface area contributed by atoms with Gasteiger partial charge in [0.15, 0.2) is 5.71 Å². The monoisotopic (exact) mass is 356 g/mol. The van der Waals surface area contributed by atoms with E-state index in [2.05, 4.69) is 42.2 Å². The summed E-state index contributed by atoms with van der Waals surface area (Å²) in [7, 11) is 1.60. The van der Waals surface area contributed by atoms with Crippen molar-refractivity contribution in [2.24, 2.45) is 5.16 Å². The number of nitrogens with zero attached hydrogens (tertiary/aromatic N) is 1. The Kier molecular flexibility index (Phi) is 5.98. The summed E-state index contributed by atoms with van der Waals surface area (Å²) < 4.78 is 6.00. The number of nitrogens with one attached hydrogen (secondary N) is 1. The molecule has 0 atom stereocenters. The number of para-hydroxylation sites is 1. The standard InChI is InChI=1S/C19H24N2O3Si/c1-20-19(22)18(21-23-2)16-8-6-7-9-17(16)24-14-10-12-15(13-11-14)25(3,4)5/h6-13H,1-5H3,(H,20,22)/b21-18-. The van der Waals surface area contributed by atoms with Gasteiger partial charge in [0.2, 0.25) is 0 Å². The number of hydrogen-bond acceptors (Lipinski definition) is 4. The molecule has 2 aromatic rings. The van der Waals surface area contributed by atoms with Crippen LogP contribution in [0.15, 0.2) is 53.7 Å². The van der Waals surface area contributed by atoms with Crippen LogP contribution in [0.3, 0.4) is 0 Å². The van der Waals surface area contributed by atoms with Crippen molar-refractivity contribution in [3.05, 3.63) is 54.1 Å². The quantitative estimate of drug-likeness (QED) is 0.491. The van der Waals surface area contributed by atoms with Crippen LogP contribution in [0.2, 0.25) is 19.6 Å². The number of carbonyl (C=O) groups excluding carboxylic acids is 1. The lowest BCUT2D eigenvalue weighted by molar-refractivity contribution is -0.114. The molecule has 1 amide bonds. The molecule has 0 fully saturated rings. The summed E-state index contributed by atoms with van der Waals surface area (Å²) >= 11 is 0. The summed E-state index contributed by atoms with van der Waals surface area (Å²) in [4.78, 5) is 16.9. The molecule has 0 saturated carbocycles. The van der Waals surface area contributed by atoms with Crippen LogP contribution >= 0.6 is 0 Å². The van der Waals surface area contributed by atoms with Crippen LogP contribution in [0.5, 0.6) is 11.5 Å². The summed E-state index contributed by atoms with van der Waals surface area (Å²) in [6.45, 7) is 6.90. The van der Waals surface area contributed by atoms with E-state index in [1.54, 1.807) is 19.2 Å². The second-order valence-corrected chi connectivity index (χ2v) is 11.7. The fraction of sp³-hybridized carbons (Fsp3) is 0.263. The van der Waals surface area contributed by atoms with Crippen molar-refractivity contribution in [3.8, 4) is 11.5 Å². The van der Waals surface area contributed by atoms with Crippen molar-refractivity contribution in [2.75, 3.05) is 14.2 Å². The molecule has 0 aliphatic heterocycles. The molecule has 0 heterocycles. The molecular formula is C19H24N2O3Si. The summed E-state index contributed by atoms with van der Waals surface area (Å²) in [5.41, 5.74) is 0.734. The van der Waals surface area contributed by atoms with E-state index in [1.807, 2.05) is 24.3 Å². The largest absolute Gasteiger partial charge is 0.457 e. The smallest absolute Gasteiger partial charge is 0.273 e. The number of amides is 1. The average Bonchev–Trinajstić information content (AvgIpc) is 2.59. The fourth-order valence-electron chi connectivity index (χ4n) is 2.32. The van der Waals surface area contributed by atoms with Crippen molar-refractivity contribution in [3.63, 3.8) is 0 Å². The SMILES string of the molecule is CNC(=O)/C(=N\OC)c1ccccc1Oc1ccc([Si](C)(C)C)cc1. The first-order valence-corrected chi connectivity index (χ1v) is 11.6. The Balaban J connectivity index is 2.35. The third-order valence-electron chi connectivity index (χ3n) is 3.72. The van der Waals surface area contributed by atoms with Crippen LogP contribution in [0.1, 0.15) is 5.56 Å². The highest BCUT2D eigenvalue weighted by Gasteiger charge is 2.19. The first-order valence-electron chi connectivity index (χ1n) is 8.08. The Morgan fingerprint density at radius 2 is 1.68 bits per heavy atom.